The number of carbonyl (C=O) groups excluding carboxylic acids is 2. The van der Waals surface area contributed by atoms with E-state index in [4.69, 9.17) is 9.47 Å². The monoisotopic (exact) mass is 527 g/mol. The van der Waals surface area contributed by atoms with Gasteiger partial charge in [0, 0.05) is 35.4 Å². The lowest BCUT2D eigenvalue weighted by Crippen LogP contribution is -2.40. The van der Waals surface area contributed by atoms with Crippen LogP contribution in [0.3, 0.4) is 0 Å². The molecule has 1 N–H and O–H groups in total. The minimum atomic E-state index is -3.86. The summed E-state index contributed by atoms with van der Waals surface area (Å²) in [6, 6.07) is 9.11. The highest BCUT2D eigenvalue weighted by atomic mass is 79.9. The first kappa shape index (κ1) is 23.8. The van der Waals surface area contributed by atoms with Gasteiger partial charge in [0.1, 0.15) is 0 Å². The first-order valence-corrected chi connectivity index (χ1v) is 11.5. The van der Waals surface area contributed by atoms with Crippen molar-refractivity contribution >= 4 is 49.2 Å². The van der Waals surface area contributed by atoms with E-state index in [0.717, 1.165) is 0 Å². The number of hydrogen-bond donors (Lipinski definition) is 1. The van der Waals surface area contributed by atoms with Gasteiger partial charge in [-0.2, -0.15) is 4.31 Å². The Hall–Kier alpha value is -2.87. The zero-order valence-corrected chi connectivity index (χ0v) is 18.9. The summed E-state index contributed by atoms with van der Waals surface area (Å²) in [5.74, 6) is -1.54. The lowest BCUT2D eigenvalue weighted by Gasteiger charge is -2.26. The van der Waals surface area contributed by atoms with Gasteiger partial charge in [-0.3, -0.25) is 14.9 Å². The number of sulfonamides is 1. The molecule has 32 heavy (non-hydrogen) atoms. The van der Waals surface area contributed by atoms with E-state index in [1.54, 1.807) is 0 Å². The smallest absolute Gasteiger partial charge is 0.338 e. The quantitative estimate of drug-likeness (QED) is 0.327. The predicted octanol–water partition coefficient (Wildman–Crippen LogP) is 2.17. The fourth-order valence-electron chi connectivity index (χ4n) is 2.83. The van der Waals surface area contributed by atoms with Crippen molar-refractivity contribution in [3.8, 4) is 0 Å². The molecule has 170 valence electrons. The maximum absolute atomic E-state index is 12.9. The van der Waals surface area contributed by atoms with Gasteiger partial charge in [-0.25, -0.2) is 13.2 Å². The third-order valence-electron chi connectivity index (χ3n) is 4.45. The van der Waals surface area contributed by atoms with Gasteiger partial charge in [-0.1, -0.05) is 0 Å². The number of esters is 1. The number of nitrogens with one attached hydrogen (secondary N) is 1. The van der Waals surface area contributed by atoms with Crippen molar-refractivity contribution in [3.63, 3.8) is 0 Å². The lowest BCUT2D eigenvalue weighted by molar-refractivity contribution is -0.384. The van der Waals surface area contributed by atoms with Crippen molar-refractivity contribution in [3.05, 3.63) is 62.6 Å². The van der Waals surface area contributed by atoms with Crippen LogP contribution in [-0.2, 0) is 24.3 Å². The highest BCUT2D eigenvalue weighted by molar-refractivity contribution is 9.10. The Morgan fingerprint density at radius 2 is 1.81 bits per heavy atom. The number of nitrogens with zero attached hydrogens (tertiary/aromatic N) is 2. The number of carbonyl (C=O) groups is 2. The highest BCUT2D eigenvalue weighted by Crippen LogP contribution is 2.27. The number of anilines is 1. The summed E-state index contributed by atoms with van der Waals surface area (Å²) in [5, 5.41) is 13.1. The zero-order valence-electron chi connectivity index (χ0n) is 16.5. The Labute approximate surface area is 191 Å². The van der Waals surface area contributed by atoms with Crippen molar-refractivity contribution in [2.75, 3.05) is 38.2 Å². The molecule has 0 radical (unpaired) electrons. The number of nitro benzene ring substituents is 1. The van der Waals surface area contributed by atoms with Crippen LogP contribution in [0.25, 0.3) is 0 Å². The molecule has 1 amide bonds. The molecule has 1 heterocycles. The Balaban J connectivity index is 1.64. The molecule has 0 atom stereocenters. The van der Waals surface area contributed by atoms with Crippen molar-refractivity contribution < 1.29 is 32.4 Å². The van der Waals surface area contributed by atoms with E-state index in [9.17, 15) is 28.1 Å². The Kier molecular flexibility index (Phi) is 7.56. The van der Waals surface area contributed by atoms with Crippen LogP contribution in [0.4, 0.5) is 11.4 Å². The van der Waals surface area contributed by atoms with Gasteiger partial charge >= 0.3 is 5.97 Å². The van der Waals surface area contributed by atoms with Crippen molar-refractivity contribution in [2.45, 2.75) is 4.90 Å². The molecule has 11 nitrogen and oxygen atoms in total. The van der Waals surface area contributed by atoms with Gasteiger partial charge in [0.15, 0.2) is 6.61 Å². The minimum Gasteiger partial charge on any atom is -0.452 e. The molecule has 0 spiro atoms. The largest absolute Gasteiger partial charge is 0.452 e. The molecule has 0 bridgehead atoms. The number of ether oxygens (including phenoxy) is 2. The standard InChI is InChI=1S/C19H18BrN3O8S/c20-16-6-1-13(11-17(16)32(28,29)22-7-9-30-10-8-22)19(25)31-12-18(24)21-14-2-4-15(5-3-14)23(26)27/h1-6,11H,7-10,12H2,(H,21,24). The number of hydrogen-bond acceptors (Lipinski definition) is 8. The summed E-state index contributed by atoms with van der Waals surface area (Å²) in [4.78, 5) is 34.4. The maximum atomic E-state index is 12.9. The fourth-order valence-corrected chi connectivity index (χ4v) is 5.19. The normalized spacial score (nSPS) is 14.5. The van der Waals surface area contributed by atoms with E-state index >= 15 is 0 Å². The fraction of sp³-hybridized carbons (Fsp3) is 0.263. The zero-order chi connectivity index (χ0) is 23.3. The van der Waals surface area contributed by atoms with Gasteiger partial charge in [-0.15, -0.1) is 0 Å². The third-order valence-corrected chi connectivity index (χ3v) is 7.34. The first-order valence-electron chi connectivity index (χ1n) is 9.27. The van der Waals surface area contributed by atoms with E-state index in [-0.39, 0.29) is 46.9 Å². The van der Waals surface area contributed by atoms with Crippen LogP contribution in [0, 0.1) is 10.1 Å². The van der Waals surface area contributed by atoms with E-state index in [1.165, 1.54) is 46.8 Å². The van der Waals surface area contributed by atoms with E-state index in [0.29, 0.717) is 5.69 Å². The van der Waals surface area contributed by atoms with Crippen molar-refractivity contribution in [1.82, 2.24) is 4.31 Å². The Morgan fingerprint density at radius 1 is 1.16 bits per heavy atom. The first-order chi connectivity index (χ1) is 15.2. The van der Waals surface area contributed by atoms with Gasteiger partial charge in [0.25, 0.3) is 11.6 Å². The third kappa shape index (κ3) is 5.68. The molecule has 3 rings (SSSR count). The Morgan fingerprint density at radius 3 is 2.44 bits per heavy atom. The van der Waals surface area contributed by atoms with E-state index in [2.05, 4.69) is 21.2 Å². The topological polar surface area (TPSA) is 145 Å². The second-order valence-corrected chi connectivity index (χ2v) is 9.35. The second-order valence-electron chi connectivity index (χ2n) is 6.59. The molecule has 2 aromatic carbocycles. The van der Waals surface area contributed by atoms with Gasteiger partial charge in [0.2, 0.25) is 10.0 Å². The van der Waals surface area contributed by atoms with Crippen molar-refractivity contribution in [1.29, 1.82) is 0 Å². The minimum absolute atomic E-state index is 0.0387. The van der Waals surface area contributed by atoms with Crippen molar-refractivity contribution in [2.24, 2.45) is 0 Å². The molecule has 0 aliphatic carbocycles. The molecule has 0 aromatic heterocycles. The number of rotatable bonds is 7. The average molecular weight is 528 g/mol. The lowest BCUT2D eigenvalue weighted by atomic mass is 10.2. The number of halogens is 1. The van der Waals surface area contributed by atoms with E-state index in [1.807, 2.05) is 0 Å². The maximum Gasteiger partial charge on any atom is 0.338 e. The summed E-state index contributed by atoms with van der Waals surface area (Å²) in [6.45, 7) is 0.334. The van der Waals surface area contributed by atoms with Crippen LogP contribution < -0.4 is 5.32 Å². The molecule has 13 heteroatoms. The number of non-ortho nitro benzene ring substituents is 1. The number of benzene rings is 2. The summed E-state index contributed by atoms with van der Waals surface area (Å²) in [5.41, 5.74) is 0.120. The summed E-state index contributed by atoms with van der Waals surface area (Å²) >= 11 is 3.20. The SMILES string of the molecule is O=C(COC(=O)c1ccc(Br)c(S(=O)(=O)N2CCOCC2)c1)Nc1ccc([N+](=O)[O-])cc1. The molecular formula is C19H18BrN3O8S. The summed E-state index contributed by atoms with van der Waals surface area (Å²) in [7, 11) is -3.86. The molecule has 1 saturated heterocycles. The highest BCUT2D eigenvalue weighted by Gasteiger charge is 2.29. The molecule has 2 aromatic rings. The van der Waals surface area contributed by atoms with Crippen LogP contribution in [0.15, 0.2) is 51.8 Å². The van der Waals surface area contributed by atoms with Crippen LogP contribution >= 0.6 is 15.9 Å². The molecule has 1 aliphatic rings. The number of amides is 1. The average Bonchev–Trinajstić information content (AvgIpc) is 2.78. The summed E-state index contributed by atoms with van der Waals surface area (Å²) < 4.78 is 37.5. The van der Waals surface area contributed by atoms with Gasteiger partial charge < -0.3 is 14.8 Å². The van der Waals surface area contributed by atoms with Crippen LogP contribution in [0.1, 0.15) is 10.4 Å². The van der Waals surface area contributed by atoms with Crippen LogP contribution in [-0.4, -0.2) is 62.4 Å². The molecule has 0 saturated carbocycles. The van der Waals surface area contributed by atoms with Crippen LogP contribution in [0.2, 0.25) is 0 Å². The van der Waals surface area contributed by atoms with Gasteiger partial charge in [-0.05, 0) is 46.3 Å². The molecule has 1 aliphatic heterocycles. The number of morpholine rings is 1. The summed E-state index contributed by atoms with van der Waals surface area (Å²) in [6.07, 6.45) is 0. The predicted molar refractivity (Wildman–Crippen MR) is 116 cm³/mol. The molecular weight excluding hydrogens is 510 g/mol. The van der Waals surface area contributed by atoms with Gasteiger partial charge in [0.05, 0.1) is 28.6 Å². The second kappa shape index (κ2) is 10.2. The number of nitro groups is 1. The molecule has 0 unspecified atom stereocenters. The van der Waals surface area contributed by atoms with Crippen LogP contribution in [0.5, 0.6) is 0 Å². The Bertz CT molecular complexity index is 1130. The molecule has 1 fully saturated rings. The van der Waals surface area contributed by atoms with E-state index < -0.39 is 33.4 Å².